The maximum atomic E-state index is 10.4. The smallest absolute Gasteiger partial charge is 0.0622 e. The predicted octanol–water partition coefficient (Wildman–Crippen LogP) is 5.04. The minimum Gasteiger partial charge on any atom is -0.393 e. The first kappa shape index (κ1) is 18.3. The molecule has 0 heterocycles. The molecule has 1 N–H and O–H groups in total. The molecule has 6 atom stereocenters. The number of methoxy groups -OCH3 is 1. The number of hydrogen-bond donors (Lipinski definition) is 1. The lowest BCUT2D eigenvalue weighted by Crippen LogP contribution is -2.42. The molecule has 2 saturated carbocycles. The average Bonchev–Trinajstić information content (AvgIpc) is 2.82. The van der Waals surface area contributed by atoms with Crippen molar-refractivity contribution in [1.82, 2.24) is 0 Å². The molecule has 2 nitrogen and oxygen atoms in total. The van der Waals surface area contributed by atoms with Crippen molar-refractivity contribution in [2.24, 2.45) is 29.1 Å². The molecule has 0 spiro atoms. The van der Waals surface area contributed by atoms with Crippen LogP contribution in [0, 0.1) is 29.1 Å². The summed E-state index contributed by atoms with van der Waals surface area (Å²) in [6.07, 6.45) is 8.44. The number of aliphatic hydroxyl groups is 1. The third-order valence-electron chi connectivity index (χ3n) is 7.45. The molecule has 0 aromatic carbocycles. The first-order chi connectivity index (χ1) is 10.2. The van der Waals surface area contributed by atoms with E-state index in [0.29, 0.717) is 11.3 Å². The fourth-order valence-electron chi connectivity index (χ4n) is 5.39. The second-order valence-corrected chi connectivity index (χ2v) is 9.09. The van der Waals surface area contributed by atoms with E-state index in [1.165, 1.54) is 32.1 Å². The minimum absolute atomic E-state index is 0.00285. The van der Waals surface area contributed by atoms with Crippen LogP contribution in [0.5, 0.6) is 0 Å². The lowest BCUT2D eigenvalue weighted by Gasteiger charge is -2.46. The van der Waals surface area contributed by atoms with Gasteiger partial charge >= 0.3 is 0 Å². The fraction of sp³-hybridized carbons (Fsp3) is 1.00. The second-order valence-electron chi connectivity index (χ2n) is 9.09. The Morgan fingerprint density at radius 3 is 2.55 bits per heavy atom. The summed E-state index contributed by atoms with van der Waals surface area (Å²) in [6, 6.07) is 0. The van der Waals surface area contributed by atoms with Crippen LogP contribution >= 0.6 is 0 Å². The lowest BCUT2D eigenvalue weighted by atomic mass is 9.60. The normalized spacial score (nSPS) is 38.6. The third kappa shape index (κ3) is 3.53. The summed E-state index contributed by atoms with van der Waals surface area (Å²) >= 11 is 0. The summed E-state index contributed by atoms with van der Waals surface area (Å²) in [4.78, 5) is 0. The molecule has 22 heavy (non-hydrogen) atoms. The van der Waals surface area contributed by atoms with Gasteiger partial charge in [-0.2, -0.15) is 0 Å². The van der Waals surface area contributed by atoms with E-state index >= 15 is 0 Å². The number of aliphatic hydroxyl groups excluding tert-OH is 1. The predicted molar refractivity (Wildman–Crippen MR) is 92.8 cm³/mol. The molecule has 0 aromatic heterocycles. The van der Waals surface area contributed by atoms with Gasteiger partial charge in [0.1, 0.15) is 0 Å². The summed E-state index contributed by atoms with van der Waals surface area (Å²) < 4.78 is 5.58. The van der Waals surface area contributed by atoms with Crippen molar-refractivity contribution in [2.75, 3.05) is 7.11 Å². The van der Waals surface area contributed by atoms with Crippen molar-refractivity contribution in [2.45, 2.75) is 91.3 Å². The van der Waals surface area contributed by atoms with E-state index < -0.39 is 0 Å². The van der Waals surface area contributed by atoms with E-state index in [2.05, 4.69) is 34.6 Å². The monoisotopic (exact) mass is 310 g/mol. The van der Waals surface area contributed by atoms with Gasteiger partial charge in [-0.25, -0.2) is 0 Å². The highest BCUT2D eigenvalue weighted by atomic mass is 16.5. The van der Waals surface area contributed by atoms with Crippen LogP contribution in [0.25, 0.3) is 0 Å². The van der Waals surface area contributed by atoms with Crippen molar-refractivity contribution in [1.29, 1.82) is 0 Å². The van der Waals surface area contributed by atoms with E-state index in [-0.39, 0.29) is 11.7 Å². The number of hydrogen-bond acceptors (Lipinski definition) is 2. The van der Waals surface area contributed by atoms with E-state index in [1.54, 1.807) is 0 Å². The zero-order valence-corrected chi connectivity index (χ0v) is 15.7. The number of rotatable bonds is 6. The lowest BCUT2D eigenvalue weighted by molar-refractivity contribution is -0.0350. The van der Waals surface area contributed by atoms with Crippen LogP contribution in [0.3, 0.4) is 0 Å². The van der Waals surface area contributed by atoms with Crippen LogP contribution < -0.4 is 0 Å². The molecule has 2 heteroatoms. The Morgan fingerprint density at radius 1 is 1.23 bits per heavy atom. The fourth-order valence-corrected chi connectivity index (χ4v) is 5.39. The summed E-state index contributed by atoms with van der Waals surface area (Å²) in [5.41, 5.74) is 0.374. The SMILES string of the molecule is COC(C)(C)CC[C@@H](C)[C@@H](C)C1CCC2C(O)CCC[C@@]21C. The maximum Gasteiger partial charge on any atom is 0.0622 e. The minimum atomic E-state index is -0.0429. The van der Waals surface area contributed by atoms with Crippen LogP contribution in [-0.2, 0) is 4.74 Å². The van der Waals surface area contributed by atoms with Gasteiger partial charge in [-0.15, -0.1) is 0 Å². The number of fused-ring (bicyclic) bond motifs is 1. The molecule has 2 fully saturated rings. The highest BCUT2D eigenvalue weighted by Crippen LogP contribution is 2.58. The average molecular weight is 311 g/mol. The Balaban J connectivity index is 1.98. The van der Waals surface area contributed by atoms with Crippen molar-refractivity contribution in [3.63, 3.8) is 0 Å². The third-order valence-corrected chi connectivity index (χ3v) is 7.45. The molecular weight excluding hydrogens is 272 g/mol. The van der Waals surface area contributed by atoms with E-state index in [0.717, 1.165) is 30.6 Å². The quantitative estimate of drug-likeness (QED) is 0.744. The standard InChI is InChI=1S/C20H38O2/c1-14(11-13-19(3,4)22-6)15(2)16-9-10-17-18(21)8-7-12-20(16,17)5/h14-18,21H,7-13H2,1-6H3/t14-,15-,16?,17?,18?,20-/m1/s1. The van der Waals surface area contributed by atoms with E-state index in [1.807, 2.05) is 7.11 Å². The molecule has 2 rings (SSSR count). The first-order valence-corrected chi connectivity index (χ1v) is 9.44. The highest BCUT2D eigenvalue weighted by Gasteiger charge is 2.52. The molecule has 0 aliphatic heterocycles. The molecule has 0 radical (unpaired) electrons. The van der Waals surface area contributed by atoms with Crippen LogP contribution in [0.15, 0.2) is 0 Å². The molecule has 2 aliphatic carbocycles. The van der Waals surface area contributed by atoms with Gasteiger partial charge in [0.05, 0.1) is 11.7 Å². The maximum absolute atomic E-state index is 10.4. The molecule has 0 bridgehead atoms. The topological polar surface area (TPSA) is 29.5 Å². The van der Waals surface area contributed by atoms with Gasteiger partial charge in [-0.1, -0.05) is 27.2 Å². The van der Waals surface area contributed by atoms with E-state index in [9.17, 15) is 5.11 Å². The summed E-state index contributed by atoms with van der Waals surface area (Å²) in [6.45, 7) is 11.7. The highest BCUT2D eigenvalue weighted by molar-refractivity contribution is 5.02. The Kier molecular flexibility index (Phi) is 5.65. The zero-order valence-electron chi connectivity index (χ0n) is 15.7. The van der Waals surface area contributed by atoms with Crippen molar-refractivity contribution >= 4 is 0 Å². The summed E-state index contributed by atoms with van der Waals surface area (Å²) in [5.74, 6) is 2.81. The Hall–Kier alpha value is -0.0800. The van der Waals surface area contributed by atoms with Gasteiger partial charge in [-0.05, 0) is 81.5 Å². The summed E-state index contributed by atoms with van der Waals surface area (Å²) in [5, 5.41) is 10.4. The van der Waals surface area contributed by atoms with Crippen LogP contribution in [0.4, 0.5) is 0 Å². The van der Waals surface area contributed by atoms with E-state index in [4.69, 9.17) is 4.74 Å². The number of ether oxygens (including phenoxy) is 1. The molecule has 3 unspecified atom stereocenters. The molecular formula is C20H38O2. The molecule has 0 amide bonds. The van der Waals surface area contributed by atoms with Crippen LogP contribution in [0.1, 0.15) is 79.6 Å². The van der Waals surface area contributed by atoms with Gasteiger partial charge in [0.15, 0.2) is 0 Å². The Labute approximate surface area is 138 Å². The molecule has 0 saturated heterocycles. The molecule has 130 valence electrons. The van der Waals surface area contributed by atoms with Gasteiger partial charge in [0, 0.05) is 7.11 Å². The zero-order chi connectivity index (χ0) is 16.5. The largest absolute Gasteiger partial charge is 0.393 e. The van der Waals surface area contributed by atoms with Crippen molar-refractivity contribution in [3.05, 3.63) is 0 Å². The van der Waals surface area contributed by atoms with Crippen molar-refractivity contribution < 1.29 is 9.84 Å². The van der Waals surface area contributed by atoms with Crippen LogP contribution in [0.2, 0.25) is 0 Å². The van der Waals surface area contributed by atoms with Crippen molar-refractivity contribution in [3.8, 4) is 0 Å². The summed E-state index contributed by atoms with van der Waals surface area (Å²) in [7, 11) is 1.82. The molecule has 0 aromatic rings. The van der Waals surface area contributed by atoms with Gasteiger partial charge in [0.25, 0.3) is 0 Å². The molecule has 2 aliphatic rings. The first-order valence-electron chi connectivity index (χ1n) is 9.44. The van der Waals surface area contributed by atoms with Crippen LogP contribution in [-0.4, -0.2) is 23.9 Å². The van der Waals surface area contributed by atoms with Gasteiger partial charge < -0.3 is 9.84 Å². The second kappa shape index (κ2) is 6.81. The Bertz CT molecular complexity index is 365. The Morgan fingerprint density at radius 2 is 1.91 bits per heavy atom. The van der Waals surface area contributed by atoms with Gasteiger partial charge in [-0.3, -0.25) is 0 Å². The van der Waals surface area contributed by atoms with Gasteiger partial charge in [0.2, 0.25) is 0 Å².